The summed E-state index contributed by atoms with van der Waals surface area (Å²) in [6, 6.07) is 3.86. The third-order valence-corrected chi connectivity index (χ3v) is 4.30. The Morgan fingerprint density at radius 1 is 1.28 bits per heavy atom. The molecule has 1 aromatic carbocycles. The van der Waals surface area contributed by atoms with Crippen LogP contribution in [0.3, 0.4) is 0 Å². The number of hydrogen-bond donors (Lipinski definition) is 1. The van der Waals surface area contributed by atoms with Gasteiger partial charge in [-0.15, -0.1) is 0 Å². The summed E-state index contributed by atoms with van der Waals surface area (Å²) in [5.74, 6) is -0.854. The summed E-state index contributed by atoms with van der Waals surface area (Å²) in [4.78, 5) is 26.0. The highest BCUT2D eigenvalue weighted by Gasteiger charge is 2.43. The predicted octanol–water partition coefficient (Wildman–Crippen LogP) is 0.709. The van der Waals surface area contributed by atoms with Gasteiger partial charge < -0.3 is 24.8 Å². The monoisotopic (exact) mass is 354 g/mol. The van der Waals surface area contributed by atoms with Crippen LogP contribution in [0.4, 0.5) is 4.39 Å². The lowest BCUT2D eigenvalue weighted by Crippen LogP contribution is -2.53. The number of carbonyl (C=O) groups excluding carboxylic acids is 2. The van der Waals surface area contributed by atoms with E-state index in [-0.39, 0.29) is 18.8 Å². The molecular formula is C17H23FN2O5. The minimum Gasteiger partial charge on any atom is -0.488 e. The number of nitrogens with two attached hydrogens (primary N) is 1. The average molecular weight is 354 g/mol. The number of likely N-dealkylation sites (tertiary alicyclic amines) is 1. The highest BCUT2D eigenvalue weighted by atomic mass is 19.1. The van der Waals surface area contributed by atoms with Crippen molar-refractivity contribution in [1.29, 1.82) is 0 Å². The molecule has 0 saturated carbocycles. The summed E-state index contributed by atoms with van der Waals surface area (Å²) in [6.07, 6.45) is -0.657. The molecule has 0 aromatic heterocycles. The molecule has 1 aliphatic heterocycles. The van der Waals surface area contributed by atoms with Crippen molar-refractivity contribution >= 4 is 11.9 Å². The number of nitrogens with zero attached hydrogens (tertiary/aromatic N) is 1. The van der Waals surface area contributed by atoms with Crippen molar-refractivity contribution in [3.63, 3.8) is 0 Å². The van der Waals surface area contributed by atoms with Crippen LogP contribution in [0.15, 0.2) is 24.3 Å². The first-order chi connectivity index (χ1) is 11.9. The van der Waals surface area contributed by atoms with Crippen molar-refractivity contribution in [2.75, 3.05) is 20.8 Å². The van der Waals surface area contributed by atoms with Crippen LogP contribution in [0.5, 0.6) is 5.75 Å². The lowest BCUT2D eigenvalue weighted by molar-refractivity contribution is -0.152. The highest BCUT2D eigenvalue weighted by molar-refractivity contribution is 5.88. The van der Waals surface area contributed by atoms with Crippen LogP contribution in [0.1, 0.15) is 13.3 Å². The van der Waals surface area contributed by atoms with Crippen molar-refractivity contribution in [3.05, 3.63) is 30.1 Å². The van der Waals surface area contributed by atoms with Gasteiger partial charge in [-0.25, -0.2) is 9.18 Å². The fraction of sp³-hybridized carbons (Fsp3) is 0.529. The van der Waals surface area contributed by atoms with Gasteiger partial charge in [0.2, 0.25) is 5.91 Å². The van der Waals surface area contributed by atoms with Gasteiger partial charge in [0.25, 0.3) is 0 Å². The van der Waals surface area contributed by atoms with E-state index in [4.69, 9.17) is 19.9 Å². The zero-order valence-corrected chi connectivity index (χ0v) is 14.5. The lowest BCUT2D eigenvalue weighted by Gasteiger charge is -2.27. The maximum atomic E-state index is 13.0. The third-order valence-electron chi connectivity index (χ3n) is 4.30. The van der Waals surface area contributed by atoms with Crippen LogP contribution < -0.4 is 10.5 Å². The largest absolute Gasteiger partial charge is 0.488 e. The minimum absolute atomic E-state index is 0.181. The van der Waals surface area contributed by atoms with E-state index in [0.29, 0.717) is 5.75 Å². The maximum absolute atomic E-state index is 13.0. The predicted molar refractivity (Wildman–Crippen MR) is 87.4 cm³/mol. The number of benzene rings is 1. The fourth-order valence-corrected chi connectivity index (χ4v) is 2.73. The van der Waals surface area contributed by atoms with Gasteiger partial charge in [-0.05, 0) is 31.2 Å². The Labute approximate surface area is 145 Å². The van der Waals surface area contributed by atoms with Crippen molar-refractivity contribution in [3.8, 4) is 5.75 Å². The highest BCUT2D eigenvalue weighted by Crippen LogP contribution is 2.25. The van der Waals surface area contributed by atoms with Crippen molar-refractivity contribution in [1.82, 2.24) is 4.90 Å². The molecule has 0 aliphatic carbocycles. The smallest absolute Gasteiger partial charge is 0.328 e. The number of hydrogen-bond acceptors (Lipinski definition) is 6. The van der Waals surface area contributed by atoms with Gasteiger partial charge in [-0.3, -0.25) is 4.79 Å². The number of halogens is 1. The van der Waals surface area contributed by atoms with Gasteiger partial charge in [0.15, 0.2) is 0 Å². The van der Waals surface area contributed by atoms with E-state index < -0.39 is 36.2 Å². The average Bonchev–Trinajstić information content (AvgIpc) is 3.04. The number of methoxy groups -OCH3 is 2. The molecule has 0 radical (unpaired) electrons. The molecule has 1 heterocycles. The molecule has 25 heavy (non-hydrogen) atoms. The zero-order chi connectivity index (χ0) is 18.6. The second kappa shape index (κ2) is 8.26. The van der Waals surface area contributed by atoms with Crippen molar-refractivity contribution in [2.45, 2.75) is 37.6 Å². The van der Waals surface area contributed by atoms with Crippen LogP contribution >= 0.6 is 0 Å². The van der Waals surface area contributed by atoms with E-state index in [1.807, 2.05) is 0 Å². The molecule has 0 bridgehead atoms. The molecular weight excluding hydrogens is 331 g/mol. The SMILES string of the molecule is COC(=O)[C@@H]1C[C@H](Oc2ccc(F)cc2)CN1C(=O)[C@@H](N)[C@@H](C)OC. The maximum Gasteiger partial charge on any atom is 0.328 e. The second-order valence-electron chi connectivity index (χ2n) is 5.93. The first-order valence-electron chi connectivity index (χ1n) is 7.96. The van der Waals surface area contributed by atoms with Gasteiger partial charge in [0.1, 0.15) is 29.8 Å². The molecule has 1 aromatic rings. The minimum atomic E-state index is -0.901. The molecule has 7 nitrogen and oxygen atoms in total. The van der Waals surface area contributed by atoms with Crippen LogP contribution in [-0.4, -0.2) is 61.8 Å². The molecule has 1 fully saturated rings. The van der Waals surface area contributed by atoms with E-state index >= 15 is 0 Å². The zero-order valence-electron chi connectivity index (χ0n) is 14.5. The van der Waals surface area contributed by atoms with Crippen LogP contribution in [0.2, 0.25) is 0 Å². The molecule has 138 valence electrons. The van der Waals surface area contributed by atoms with E-state index in [0.717, 1.165) is 0 Å². The summed E-state index contributed by atoms with van der Waals surface area (Å²) in [5, 5.41) is 0. The first kappa shape index (κ1) is 19.1. The fourth-order valence-electron chi connectivity index (χ4n) is 2.73. The first-order valence-corrected chi connectivity index (χ1v) is 7.96. The molecule has 1 amide bonds. The molecule has 1 saturated heterocycles. The Hall–Kier alpha value is -2.19. The summed E-state index contributed by atoms with van der Waals surface area (Å²) in [6.45, 7) is 1.86. The van der Waals surface area contributed by atoms with Crippen molar-refractivity contribution in [2.24, 2.45) is 5.73 Å². The normalized spacial score (nSPS) is 22.4. The Morgan fingerprint density at radius 2 is 1.92 bits per heavy atom. The van der Waals surface area contributed by atoms with Gasteiger partial charge in [0.05, 0.1) is 19.8 Å². The van der Waals surface area contributed by atoms with Gasteiger partial charge in [-0.2, -0.15) is 0 Å². The Bertz CT molecular complexity index is 610. The van der Waals surface area contributed by atoms with E-state index in [2.05, 4.69) is 0 Å². The van der Waals surface area contributed by atoms with Crippen molar-refractivity contribution < 1.29 is 28.2 Å². The molecule has 4 atom stereocenters. The van der Waals surface area contributed by atoms with E-state index in [1.54, 1.807) is 6.92 Å². The number of esters is 1. The van der Waals surface area contributed by atoms with Gasteiger partial charge >= 0.3 is 5.97 Å². The standard InChI is InChI=1S/C17H23FN2O5/c1-10(23-2)15(19)16(21)20-9-13(8-14(20)17(22)24-3)25-12-6-4-11(18)5-7-12/h4-7,10,13-15H,8-9,19H2,1-3H3/t10-,13+,14+,15+/m1/s1. The van der Waals surface area contributed by atoms with Gasteiger partial charge in [0, 0.05) is 13.5 Å². The lowest BCUT2D eigenvalue weighted by atomic mass is 10.1. The second-order valence-corrected chi connectivity index (χ2v) is 5.93. The van der Waals surface area contributed by atoms with Gasteiger partial charge in [-0.1, -0.05) is 0 Å². The quantitative estimate of drug-likeness (QED) is 0.757. The Morgan fingerprint density at radius 3 is 2.48 bits per heavy atom. The Kier molecular flexibility index (Phi) is 6.33. The summed E-state index contributed by atoms with van der Waals surface area (Å²) in [5.41, 5.74) is 5.92. The molecule has 2 rings (SSSR count). The summed E-state index contributed by atoms with van der Waals surface area (Å²) < 4.78 is 28.6. The summed E-state index contributed by atoms with van der Waals surface area (Å²) in [7, 11) is 2.72. The number of amides is 1. The topological polar surface area (TPSA) is 91.1 Å². The molecule has 1 aliphatic rings. The van der Waals surface area contributed by atoms with E-state index in [1.165, 1.54) is 43.4 Å². The molecule has 0 spiro atoms. The Balaban J connectivity index is 2.12. The third kappa shape index (κ3) is 4.46. The number of carbonyl (C=O) groups is 2. The van der Waals surface area contributed by atoms with Crippen LogP contribution in [0.25, 0.3) is 0 Å². The molecule has 8 heteroatoms. The van der Waals surface area contributed by atoms with Crippen LogP contribution in [0, 0.1) is 5.82 Å². The molecule has 2 N–H and O–H groups in total. The molecule has 0 unspecified atom stereocenters. The number of rotatable bonds is 6. The summed E-state index contributed by atoms with van der Waals surface area (Å²) >= 11 is 0. The number of ether oxygens (including phenoxy) is 3. The van der Waals surface area contributed by atoms with E-state index in [9.17, 15) is 14.0 Å². The van der Waals surface area contributed by atoms with Crippen LogP contribution in [-0.2, 0) is 19.1 Å².